The molecule has 7 rings (SSSR count). The first-order valence-corrected chi connectivity index (χ1v) is 17.8. The number of ether oxygens (including phenoxy) is 1. The summed E-state index contributed by atoms with van der Waals surface area (Å²) < 4.78 is 63.0. The average molecular weight is 705 g/mol. The topological polar surface area (TPSA) is 132 Å². The van der Waals surface area contributed by atoms with Gasteiger partial charge in [-0.25, -0.2) is 13.2 Å². The Morgan fingerprint density at radius 2 is 1.98 bits per heavy atom. The van der Waals surface area contributed by atoms with E-state index in [-0.39, 0.29) is 58.8 Å². The summed E-state index contributed by atoms with van der Waals surface area (Å²) in [5.41, 5.74) is -0.389. The molecule has 3 saturated heterocycles. The van der Waals surface area contributed by atoms with Gasteiger partial charge in [0.25, 0.3) is 0 Å². The fourth-order valence-corrected chi connectivity index (χ4v) is 8.18. The standard InChI is InChI=1S/C32H33ClF3N6O5P/c1-40(12-18-13-41(14-18)24(43)16-48(44,45)46)30-22-11-37-28(21-5-2-4-19-6-7-23(35)26(33)25(19)21)27(36)29(22)38-31(39-30)47-17-32-8-3-9-42(32)15-20(34)10-32/h2,4-7,11,18,20H,3,8-10,12-17H2,1H3,(H2,44,45,46)/t20-,32+/m1/s1. The summed E-state index contributed by atoms with van der Waals surface area (Å²) in [6, 6.07) is 7.74. The van der Waals surface area contributed by atoms with Crippen LogP contribution in [0.25, 0.3) is 32.9 Å². The summed E-state index contributed by atoms with van der Waals surface area (Å²) in [7, 11) is -2.74. The molecule has 3 aliphatic heterocycles. The van der Waals surface area contributed by atoms with Gasteiger partial charge in [0.05, 0.1) is 15.9 Å². The molecule has 11 nitrogen and oxygen atoms in total. The lowest BCUT2D eigenvalue weighted by molar-refractivity contribution is -0.134. The monoisotopic (exact) mass is 704 g/mol. The van der Waals surface area contributed by atoms with Crippen LogP contribution < -0.4 is 9.64 Å². The van der Waals surface area contributed by atoms with Crippen molar-refractivity contribution in [3.05, 3.63) is 53.2 Å². The molecule has 3 fully saturated rings. The molecule has 0 aliphatic carbocycles. The van der Waals surface area contributed by atoms with Crippen LogP contribution in [0.5, 0.6) is 6.01 Å². The van der Waals surface area contributed by atoms with Gasteiger partial charge in [-0.05, 0) is 30.8 Å². The van der Waals surface area contributed by atoms with Crippen LogP contribution in [0.2, 0.25) is 5.02 Å². The lowest BCUT2D eigenvalue weighted by atomic mass is 9.95. The van der Waals surface area contributed by atoms with Crippen molar-refractivity contribution in [2.45, 2.75) is 31.0 Å². The number of hydrogen-bond acceptors (Lipinski definition) is 8. The fourth-order valence-electron chi connectivity index (χ4n) is 7.36. The minimum Gasteiger partial charge on any atom is -0.461 e. The third kappa shape index (κ3) is 6.09. The van der Waals surface area contributed by atoms with Gasteiger partial charge in [-0.15, -0.1) is 0 Å². The number of rotatable bonds is 9. The molecule has 2 N–H and O–H groups in total. The molecule has 48 heavy (non-hydrogen) atoms. The van der Waals surface area contributed by atoms with E-state index in [9.17, 15) is 18.1 Å². The molecule has 3 aliphatic rings. The molecular formula is C32H33ClF3N6O5P. The summed E-state index contributed by atoms with van der Waals surface area (Å²) in [5, 5.41) is 1.03. The van der Waals surface area contributed by atoms with Crippen LogP contribution in [-0.4, -0.2) is 105 Å². The lowest BCUT2D eigenvalue weighted by Gasteiger charge is -2.41. The first kappa shape index (κ1) is 33.0. The predicted octanol–water partition coefficient (Wildman–Crippen LogP) is 4.80. The van der Waals surface area contributed by atoms with E-state index in [1.165, 1.54) is 17.2 Å². The Balaban J connectivity index is 1.24. The molecule has 254 valence electrons. The van der Waals surface area contributed by atoms with E-state index in [1.54, 1.807) is 36.2 Å². The maximum absolute atomic E-state index is 16.6. The highest BCUT2D eigenvalue weighted by atomic mass is 35.5. The molecule has 0 unspecified atom stereocenters. The van der Waals surface area contributed by atoms with E-state index in [1.807, 2.05) is 0 Å². The quantitative estimate of drug-likeness (QED) is 0.234. The molecule has 0 saturated carbocycles. The number of hydrogen-bond donors (Lipinski definition) is 2. The highest BCUT2D eigenvalue weighted by Crippen LogP contribution is 2.42. The third-order valence-corrected chi connectivity index (χ3v) is 10.7. The van der Waals surface area contributed by atoms with Crippen LogP contribution in [0.3, 0.4) is 0 Å². The molecular weight excluding hydrogens is 672 g/mol. The number of nitrogens with zero attached hydrogens (tertiary/aromatic N) is 6. The van der Waals surface area contributed by atoms with Gasteiger partial charge < -0.3 is 24.3 Å². The number of halogens is 4. The minimum atomic E-state index is -4.48. The van der Waals surface area contributed by atoms with Gasteiger partial charge in [0, 0.05) is 62.7 Å². The van der Waals surface area contributed by atoms with Gasteiger partial charge in [0.1, 0.15) is 41.8 Å². The smallest absolute Gasteiger partial charge is 0.334 e. The molecule has 4 aromatic rings. The SMILES string of the molecule is CN(CC1CN(C(=O)CP(=O)(O)O)C1)c1nc(OC[C@@]23CCCN2C[C@H](F)C3)nc2c(F)c(-c3cccc4ccc(F)c(Cl)c34)ncc12. The molecule has 2 atom stereocenters. The average Bonchev–Trinajstić information content (AvgIpc) is 3.54. The van der Waals surface area contributed by atoms with E-state index < -0.39 is 43.0 Å². The van der Waals surface area contributed by atoms with Gasteiger partial charge >= 0.3 is 13.6 Å². The van der Waals surface area contributed by atoms with E-state index in [4.69, 9.17) is 26.1 Å². The van der Waals surface area contributed by atoms with Crippen molar-refractivity contribution in [2.24, 2.45) is 5.92 Å². The fraction of sp³-hybridized carbons (Fsp3) is 0.438. The van der Waals surface area contributed by atoms with Crippen molar-refractivity contribution >= 4 is 52.6 Å². The molecule has 0 spiro atoms. The van der Waals surface area contributed by atoms with Crippen molar-refractivity contribution in [3.8, 4) is 17.3 Å². The van der Waals surface area contributed by atoms with Crippen LogP contribution in [-0.2, 0) is 9.36 Å². The van der Waals surface area contributed by atoms with Crippen molar-refractivity contribution in [1.82, 2.24) is 24.8 Å². The summed E-state index contributed by atoms with van der Waals surface area (Å²) in [4.78, 5) is 49.3. The van der Waals surface area contributed by atoms with E-state index in [0.29, 0.717) is 36.1 Å². The second-order valence-electron chi connectivity index (χ2n) is 13.0. The predicted molar refractivity (Wildman–Crippen MR) is 174 cm³/mol. The zero-order valence-electron chi connectivity index (χ0n) is 26.0. The first-order valence-electron chi connectivity index (χ1n) is 15.6. The number of aromatic nitrogens is 3. The van der Waals surface area contributed by atoms with Crippen molar-refractivity contribution in [1.29, 1.82) is 0 Å². The number of benzene rings is 2. The summed E-state index contributed by atoms with van der Waals surface area (Å²) in [6.07, 6.45) is 1.62. The largest absolute Gasteiger partial charge is 0.461 e. The number of likely N-dealkylation sites (tertiary alicyclic amines) is 1. The summed E-state index contributed by atoms with van der Waals surface area (Å²) in [6.45, 7) is 2.17. The molecule has 16 heteroatoms. The van der Waals surface area contributed by atoms with Crippen LogP contribution in [0, 0.1) is 17.6 Å². The Bertz CT molecular complexity index is 1980. The normalized spacial score (nSPS) is 21.6. The van der Waals surface area contributed by atoms with Crippen molar-refractivity contribution in [2.75, 3.05) is 57.4 Å². The number of alkyl halides is 1. The highest BCUT2D eigenvalue weighted by Gasteiger charge is 2.49. The number of carbonyl (C=O) groups is 1. The molecule has 2 aromatic heterocycles. The zero-order chi connectivity index (χ0) is 34.0. The summed E-state index contributed by atoms with van der Waals surface area (Å²) >= 11 is 6.36. The number of amides is 1. The van der Waals surface area contributed by atoms with Crippen LogP contribution >= 0.6 is 19.2 Å². The van der Waals surface area contributed by atoms with Gasteiger partial charge in [0.15, 0.2) is 5.82 Å². The Kier molecular flexibility index (Phi) is 8.52. The van der Waals surface area contributed by atoms with Gasteiger partial charge in [-0.2, -0.15) is 9.97 Å². The third-order valence-electron chi connectivity index (χ3n) is 9.61. The second kappa shape index (κ2) is 12.4. The minimum absolute atomic E-state index is 0.0548. The van der Waals surface area contributed by atoms with Crippen molar-refractivity contribution in [3.63, 3.8) is 0 Å². The van der Waals surface area contributed by atoms with Crippen LogP contribution in [0.1, 0.15) is 19.3 Å². The van der Waals surface area contributed by atoms with Crippen LogP contribution in [0.15, 0.2) is 36.5 Å². The first-order chi connectivity index (χ1) is 22.8. The van der Waals surface area contributed by atoms with E-state index in [0.717, 1.165) is 19.4 Å². The molecule has 0 bridgehead atoms. The number of pyridine rings is 1. The number of carbonyl (C=O) groups excluding carboxylic acids is 1. The molecule has 2 aromatic carbocycles. The number of anilines is 1. The summed E-state index contributed by atoms with van der Waals surface area (Å²) in [5.74, 6) is -1.81. The zero-order valence-corrected chi connectivity index (χ0v) is 27.6. The maximum atomic E-state index is 16.6. The molecule has 5 heterocycles. The Morgan fingerprint density at radius 3 is 2.75 bits per heavy atom. The lowest BCUT2D eigenvalue weighted by Crippen LogP contribution is -2.54. The van der Waals surface area contributed by atoms with Crippen LogP contribution in [0.4, 0.5) is 19.0 Å². The van der Waals surface area contributed by atoms with Gasteiger partial charge in [-0.1, -0.05) is 35.9 Å². The highest BCUT2D eigenvalue weighted by molar-refractivity contribution is 7.52. The van der Waals surface area contributed by atoms with Crippen molar-refractivity contribution < 1.29 is 37.1 Å². The van der Waals surface area contributed by atoms with Gasteiger partial charge in [0.2, 0.25) is 5.91 Å². The van der Waals surface area contributed by atoms with E-state index in [2.05, 4.69) is 19.9 Å². The Hall–Kier alpha value is -3.55. The van der Waals surface area contributed by atoms with E-state index >= 15 is 4.39 Å². The molecule has 0 radical (unpaired) electrons. The maximum Gasteiger partial charge on any atom is 0.334 e. The Morgan fingerprint density at radius 1 is 1.19 bits per heavy atom. The Labute approximate surface area is 278 Å². The molecule has 1 amide bonds. The van der Waals surface area contributed by atoms with Gasteiger partial charge in [-0.3, -0.25) is 19.2 Å². The number of fused-ring (bicyclic) bond motifs is 3. The second-order valence-corrected chi connectivity index (χ2v) is 15.0.